The Labute approximate surface area is 153 Å². The van der Waals surface area contributed by atoms with Crippen LogP contribution < -0.4 is 9.47 Å². The fourth-order valence-electron chi connectivity index (χ4n) is 2.98. The number of ketones is 1. The minimum Gasteiger partial charge on any atom is -0.497 e. The van der Waals surface area contributed by atoms with Gasteiger partial charge in [0, 0.05) is 42.7 Å². The van der Waals surface area contributed by atoms with Gasteiger partial charge in [0.2, 0.25) is 0 Å². The van der Waals surface area contributed by atoms with Crippen molar-refractivity contribution in [2.75, 3.05) is 34.4 Å². The number of nitrogens with zero attached hydrogens (tertiary/aromatic N) is 2. The molecule has 1 aliphatic rings. The highest BCUT2D eigenvalue weighted by Gasteiger charge is 2.24. The molecular formula is C21H22N2O3. The van der Waals surface area contributed by atoms with Gasteiger partial charge in [0.05, 0.1) is 14.2 Å². The zero-order chi connectivity index (χ0) is 18.5. The minimum absolute atomic E-state index is 0.0710. The van der Waals surface area contributed by atoms with E-state index in [1.807, 2.05) is 49.5 Å². The summed E-state index contributed by atoms with van der Waals surface area (Å²) in [7, 11) is 5.23. The first kappa shape index (κ1) is 17.9. The third kappa shape index (κ3) is 4.18. The average molecular weight is 350 g/mol. The van der Waals surface area contributed by atoms with Gasteiger partial charge in [0.1, 0.15) is 11.5 Å². The first-order valence-corrected chi connectivity index (χ1v) is 8.36. The summed E-state index contributed by atoms with van der Waals surface area (Å²) >= 11 is 0. The van der Waals surface area contributed by atoms with Gasteiger partial charge in [-0.25, -0.2) is 0 Å². The second kappa shape index (κ2) is 7.97. The molecule has 2 aromatic rings. The molecule has 0 radical (unpaired) electrons. The van der Waals surface area contributed by atoms with Gasteiger partial charge in [-0.1, -0.05) is 0 Å². The van der Waals surface area contributed by atoms with Gasteiger partial charge in [-0.15, -0.1) is 0 Å². The molecule has 0 unspecified atom stereocenters. The van der Waals surface area contributed by atoms with Crippen LogP contribution in [0.3, 0.4) is 0 Å². The zero-order valence-electron chi connectivity index (χ0n) is 15.2. The number of likely N-dealkylation sites (N-methyl/N-ethyl adjacent to an activating group) is 1. The van der Waals surface area contributed by atoms with E-state index in [-0.39, 0.29) is 5.78 Å². The number of hydrogen-bond acceptors (Lipinski definition) is 5. The molecule has 0 atom stereocenters. The average Bonchev–Trinajstić information content (AvgIpc) is 2.66. The predicted molar refractivity (Wildman–Crippen MR) is 102 cm³/mol. The van der Waals surface area contributed by atoms with Gasteiger partial charge in [-0.05, 0) is 54.6 Å². The lowest BCUT2D eigenvalue weighted by Crippen LogP contribution is -2.34. The Balaban J connectivity index is 1.95. The summed E-state index contributed by atoms with van der Waals surface area (Å²) in [6.45, 7) is 1.23. The maximum atomic E-state index is 12.9. The number of benzene rings is 1. The summed E-state index contributed by atoms with van der Waals surface area (Å²) in [5.74, 6) is 1.46. The minimum atomic E-state index is 0.0710. The maximum absolute atomic E-state index is 12.9. The first-order chi connectivity index (χ1) is 12.6. The summed E-state index contributed by atoms with van der Waals surface area (Å²) < 4.78 is 10.6. The number of pyridine rings is 1. The van der Waals surface area contributed by atoms with Crippen LogP contribution in [0.2, 0.25) is 0 Å². The van der Waals surface area contributed by atoms with Crippen LogP contribution in [0.25, 0.3) is 12.2 Å². The van der Waals surface area contributed by atoms with Crippen LogP contribution in [-0.4, -0.2) is 50.0 Å². The number of likely N-dealkylation sites (tertiary alicyclic amines) is 1. The second-order valence-corrected chi connectivity index (χ2v) is 6.27. The summed E-state index contributed by atoms with van der Waals surface area (Å²) in [4.78, 5) is 19.1. The number of carbonyl (C=O) groups excluding carboxylic acids is 1. The topological polar surface area (TPSA) is 51.7 Å². The van der Waals surface area contributed by atoms with Crippen LogP contribution in [-0.2, 0) is 4.79 Å². The summed E-state index contributed by atoms with van der Waals surface area (Å²) in [6, 6.07) is 9.38. The molecule has 0 saturated carbocycles. The van der Waals surface area contributed by atoms with E-state index in [1.165, 1.54) is 0 Å². The van der Waals surface area contributed by atoms with E-state index < -0.39 is 0 Å². The second-order valence-electron chi connectivity index (χ2n) is 6.27. The van der Waals surface area contributed by atoms with Crippen LogP contribution in [0.15, 0.2) is 53.9 Å². The van der Waals surface area contributed by atoms with Crippen molar-refractivity contribution in [2.45, 2.75) is 0 Å². The van der Waals surface area contributed by atoms with Crippen molar-refractivity contribution in [3.8, 4) is 11.5 Å². The number of Topliss-reactive ketones (excluding diaryl/α,β-unsaturated/α-hetero) is 1. The highest BCUT2D eigenvalue weighted by Crippen LogP contribution is 2.26. The Bertz CT molecular complexity index is 835. The van der Waals surface area contributed by atoms with E-state index in [0.717, 1.165) is 22.3 Å². The molecule has 5 nitrogen and oxygen atoms in total. The standard InChI is InChI=1S/C21H22N2O3/c1-23-13-17(8-15-4-6-22-7-5-15)21(24)18(14-23)9-16-10-19(25-2)12-20(11-16)26-3/h4-12H,13-14H2,1-3H3/b17-8+,18-9+. The van der Waals surface area contributed by atoms with Crippen molar-refractivity contribution in [1.29, 1.82) is 0 Å². The van der Waals surface area contributed by atoms with Crippen LogP contribution in [0, 0.1) is 0 Å². The van der Waals surface area contributed by atoms with Gasteiger partial charge in [-0.2, -0.15) is 0 Å². The lowest BCUT2D eigenvalue weighted by atomic mass is 9.94. The number of piperidine rings is 1. The highest BCUT2D eigenvalue weighted by atomic mass is 16.5. The SMILES string of the molecule is COc1cc(/C=C2\CN(C)C/C(=C\c3ccncc3)C2=O)cc(OC)c1. The van der Waals surface area contributed by atoms with Gasteiger partial charge in [-0.3, -0.25) is 14.7 Å². The van der Waals surface area contributed by atoms with Crippen molar-refractivity contribution in [2.24, 2.45) is 0 Å². The van der Waals surface area contributed by atoms with E-state index in [1.54, 1.807) is 26.6 Å². The molecule has 0 N–H and O–H groups in total. The van der Waals surface area contributed by atoms with Gasteiger partial charge >= 0.3 is 0 Å². The normalized spacial score (nSPS) is 18.3. The molecule has 1 saturated heterocycles. The fraction of sp³-hybridized carbons (Fsp3) is 0.238. The predicted octanol–water partition coefficient (Wildman–Crippen LogP) is 3.08. The molecule has 1 aromatic heterocycles. The van der Waals surface area contributed by atoms with Gasteiger partial charge < -0.3 is 9.47 Å². The number of hydrogen-bond donors (Lipinski definition) is 0. The number of carbonyl (C=O) groups is 1. The van der Waals surface area contributed by atoms with Crippen molar-refractivity contribution in [1.82, 2.24) is 9.88 Å². The van der Waals surface area contributed by atoms with Crippen LogP contribution in [0.1, 0.15) is 11.1 Å². The maximum Gasteiger partial charge on any atom is 0.187 e. The number of rotatable bonds is 4. The summed E-state index contributed by atoms with van der Waals surface area (Å²) in [5, 5.41) is 0. The summed E-state index contributed by atoms with van der Waals surface area (Å²) in [6.07, 6.45) is 7.29. The van der Waals surface area contributed by atoms with E-state index in [4.69, 9.17) is 9.47 Å². The van der Waals surface area contributed by atoms with Gasteiger partial charge in [0.15, 0.2) is 5.78 Å². The van der Waals surface area contributed by atoms with Crippen molar-refractivity contribution >= 4 is 17.9 Å². The molecule has 2 heterocycles. The number of aromatic nitrogens is 1. The van der Waals surface area contributed by atoms with Gasteiger partial charge in [0.25, 0.3) is 0 Å². The molecule has 3 rings (SSSR count). The molecule has 1 fully saturated rings. The Morgan fingerprint density at radius 3 is 2.00 bits per heavy atom. The van der Waals surface area contributed by atoms with E-state index in [0.29, 0.717) is 24.6 Å². The third-order valence-electron chi connectivity index (χ3n) is 4.23. The Morgan fingerprint density at radius 1 is 0.923 bits per heavy atom. The van der Waals surface area contributed by atoms with Crippen molar-refractivity contribution in [3.05, 3.63) is 65.0 Å². The first-order valence-electron chi connectivity index (χ1n) is 8.36. The Kier molecular flexibility index (Phi) is 5.49. The van der Waals surface area contributed by atoms with Crippen LogP contribution >= 0.6 is 0 Å². The fourth-order valence-corrected chi connectivity index (χ4v) is 2.98. The molecule has 1 aliphatic heterocycles. The number of ether oxygens (including phenoxy) is 2. The van der Waals surface area contributed by atoms with E-state index in [2.05, 4.69) is 9.88 Å². The third-order valence-corrected chi connectivity index (χ3v) is 4.23. The Hall–Kier alpha value is -2.92. The van der Waals surface area contributed by atoms with E-state index >= 15 is 0 Å². The molecule has 0 bridgehead atoms. The molecular weight excluding hydrogens is 328 g/mol. The van der Waals surface area contributed by atoms with Crippen molar-refractivity contribution in [3.63, 3.8) is 0 Å². The van der Waals surface area contributed by atoms with Crippen LogP contribution in [0.4, 0.5) is 0 Å². The highest BCUT2D eigenvalue weighted by molar-refractivity contribution is 6.14. The molecule has 134 valence electrons. The molecule has 0 spiro atoms. The quantitative estimate of drug-likeness (QED) is 0.793. The van der Waals surface area contributed by atoms with Crippen molar-refractivity contribution < 1.29 is 14.3 Å². The van der Waals surface area contributed by atoms with Crippen LogP contribution in [0.5, 0.6) is 11.5 Å². The molecule has 0 aliphatic carbocycles. The Morgan fingerprint density at radius 2 is 1.46 bits per heavy atom. The van der Waals surface area contributed by atoms with E-state index in [9.17, 15) is 4.79 Å². The lowest BCUT2D eigenvalue weighted by Gasteiger charge is -2.26. The smallest absolute Gasteiger partial charge is 0.187 e. The summed E-state index contributed by atoms with van der Waals surface area (Å²) in [5.41, 5.74) is 3.37. The molecule has 26 heavy (non-hydrogen) atoms. The number of methoxy groups -OCH3 is 2. The molecule has 1 aromatic carbocycles. The monoisotopic (exact) mass is 350 g/mol. The largest absolute Gasteiger partial charge is 0.497 e. The molecule has 0 amide bonds. The molecule has 5 heteroatoms. The zero-order valence-corrected chi connectivity index (χ0v) is 15.2. The lowest BCUT2D eigenvalue weighted by molar-refractivity contribution is -0.113.